The van der Waals surface area contributed by atoms with Crippen molar-refractivity contribution < 1.29 is 4.74 Å². The van der Waals surface area contributed by atoms with Gasteiger partial charge >= 0.3 is 5.69 Å². The zero-order chi connectivity index (χ0) is 20.6. The van der Waals surface area contributed by atoms with Gasteiger partial charge in [-0.2, -0.15) is 5.10 Å². The topological polar surface area (TPSA) is 85.5 Å². The molecular formula is C20H30ClIN6O2. The molecule has 1 aliphatic heterocycles. The first-order valence-electron chi connectivity index (χ1n) is 10.1. The van der Waals surface area contributed by atoms with E-state index >= 15 is 0 Å². The summed E-state index contributed by atoms with van der Waals surface area (Å²) in [5.74, 6) is 2.40. The number of aryl methyl sites for hydroxylation is 2. The largest absolute Gasteiger partial charge is 0.497 e. The second-order valence-electron chi connectivity index (χ2n) is 7.02. The summed E-state index contributed by atoms with van der Waals surface area (Å²) in [4.78, 5) is 16.6. The van der Waals surface area contributed by atoms with E-state index in [0.29, 0.717) is 24.7 Å². The van der Waals surface area contributed by atoms with E-state index < -0.39 is 0 Å². The molecule has 30 heavy (non-hydrogen) atoms. The summed E-state index contributed by atoms with van der Waals surface area (Å²) >= 11 is 6.28. The summed E-state index contributed by atoms with van der Waals surface area (Å²) in [7, 11) is 3.36. The van der Waals surface area contributed by atoms with Crippen LogP contribution in [-0.2, 0) is 25.9 Å². The van der Waals surface area contributed by atoms with E-state index in [4.69, 9.17) is 16.3 Å². The smallest absolute Gasteiger partial charge is 0.345 e. The number of aromatic nitrogens is 3. The first-order valence-corrected chi connectivity index (χ1v) is 10.4. The molecule has 0 radical (unpaired) electrons. The second kappa shape index (κ2) is 12.2. The van der Waals surface area contributed by atoms with Crippen molar-refractivity contribution in [2.75, 3.05) is 27.2 Å². The van der Waals surface area contributed by atoms with Crippen molar-refractivity contribution in [1.29, 1.82) is 0 Å². The van der Waals surface area contributed by atoms with Crippen LogP contribution in [0.4, 0.5) is 0 Å². The molecular weight excluding hydrogens is 519 g/mol. The Labute approximate surface area is 199 Å². The minimum atomic E-state index is 0. The lowest BCUT2D eigenvalue weighted by molar-refractivity contribution is 0.414. The Bertz CT molecular complexity index is 911. The van der Waals surface area contributed by atoms with Crippen molar-refractivity contribution in [2.24, 2.45) is 4.99 Å². The monoisotopic (exact) mass is 548 g/mol. The van der Waals surface area contributed by atoms with Gasteiger partial charge in [0.2, 0.25) is 0 Å². The molecule has 10 heteroatoms. The molecule has 8 nitrogen and oxygen atoms in total. The number of halogens is 2. The zero-order valence-corrected chi connectivity index (χ0v) is 20.6. The Balaban J connectivity index is 0.00000320. The third-order valence-electron chi connectivity index (χ3n) is 5.04. The van der Waals surface area contributed by atoms with Crippen LogP contribution >= 0.6 is 35.6 Å². The number of nitrogens with one attached hydrogen (secondary N) is 2. The highest BCUT2D eigenvalue weighted by atomic mass is 127. The molecule has 2 aromatic rings. The minimum Gasteiger partial charge on any atom is -0.497 e. The zero-order valence-electron chi connectivity index (χ0n) is 17.5. The van der Waals surface area contributed by atoms with Crippen molar-refractivity contribution in [3.05, 3.63) is 45.1 Å². The van der Waals surface area contributed by atoms with Crippen molar-refractivity contribution >= 4 is 41.5 Å². The van der Waals surface area contributed by atoms with Crippen LogP contribution in [0.3, 0.4) is 0 Å². The number of benzene rings is 1. The van der Waals surface area contributed by atoms with Crippen LogP contribution in [0.25, 0.3) is 0 Å². The van der Waals surface area contributed by atoms with Crippen LogP contribution in [0.2, 0.25) is 5.02 Å². The lowest BCUT2D eigenvalue weighted by Gasteiger charge is -2.12. The summed E-state index contributed by atoms with van der Waals surface area (Å²) < 4.78 is 8.57. The first kappa shape index (κ1) is 24.5. The molecule has 0 spiro atoms. The summed E-state index contributed by atoms with van der Waals surface area (Å²) in [5.41, 5.74) is 1.07. The summed E-state index contributed by atoms with van der Waals surface area (Å²) in [5, 5.41) is 11.7. The van der Waals surface area contributed by atoms with E-state index in [1.165, 1.54) is 0 Å². The highest BCUT2D eigenvalue weighted by molar-refractivity contribution is 14.0. The lowest BCUT2D eigenvalue weighted by atomic mass is 10.1. The molecule has 0 fully saturated rings. The van der Waals surface area contributed by atoms with Crippen molar-refractivity contribution in [3.8, 4) is 5.75 Å². The number of aliphatic imine (C=N–C) groups is 1. The number of nitrogens with zero attached hydrogens (tertiary/aromatic N) is 4. The highest BCUT2D eigenvalue weighted by Crippen LogP contribution is 2.22. The number of methoxy groups -OCH3 is 1. The van der Waals surface area contributed by atoms with Crippen molar-refractivity contribution in [1.82, 2.24) is 25.0 Å². The Kier molecular flexibility index (Phi) is 9.96. The number of ether oxygens (including phenoxy) is 1. The van der Waals surface area contributed by atoms with Gasteiger partial charge in [0.15, 0.2) is 5.96 Å². The molecule has 0 unspecified atom stereocenters. The molecule has 0 atom stereocenters. The van der Waals surface area contributed by atoms with E-state index in [1.807, 2.05) is 22.8 Å². The number of hydrogen-bond acceptors (Lipinski definition) is 4. The fourth-order valence-corrected chi connectivity index (χ4v) is 3.69. The molecule has 0 aliphatic carbocycles. The number of hydrogen-bond donors (Lipinski definition) is 2. The SMILES string of the molecule is CN=C(NCCCn1nc2n(c1=O)CCCC2)NCCc1ccc(OC)cc1Cl.I. The van der Waals surface area contributed by atoms with Gasteiger partial charge in [-0.05, 0) is 43.4 Å². The van der Waals surface area contributed by atoms with Gasteiger partial charge in [0.05, 0.1) is 7.11 Å². The molecule has 166 valence electrons. The third kappa shape index (κ3) is 6.37. The molecule has 1 aromatic heterocycles. The molecule has 0 bridgehead atoms. The van der Waals surface area contributed by atoms with E-state index in [-0.39, 0.29) is 29.7 Å². The van der Waals surface area contributed by atoms with E-state index in [2.05, 4.69) is 20.7 Å². The van der Waals surface area contributed by atoms with Crippen LogP contribution in [0.5, 0.6) is 5.75 Å². The van der Waals surface area contributed by atoms with Crippen molar-refractivity contribution in [2.45, 2.75) is 45.2 Å². The quantitative estimate of drug-likeness (QED) is 0.229. The van der Waals surface area contributed by atoms with Gasteiger partial charge in [-0.15, -0.1) is 24.0 Å². The van der Waals surface area contributed by atoms with Gasteiger partial charge in [0, 0.05) is 44.7 Å². The normalized spacial score (nSPS) is 13.4. The molecule has 1 aliphatic rings. The highest BCUT2D eigenvalue weighted by Gasteiger charge is 2.16. The maximum Gasteiger partial charge on any atom is 0.345 e. The van der Waals surface area contributed by atoms with Crippen LogP contribution in [0.1, 0.15) is 30.7 Å². The predicted octanol–water partition coefficient (Wildman–Crippen LogP) is 2.46. The van der Waals surface area contributed by atoms with Gasteiger partial charge in [0.25, 0.3) is 0 Å². The Hall–Kier alpha value is -1.75. The van der Waals surface area contributed by atoms with E-state index in [0.717, 1.165) is 61.7 Å². The Morgan fingerprint density at radius 3 is 2.80 bits per heavy atom. The number of guanidine groups is 1. The molecule has 3 rings (SSSR count). The van der Waals surface area contributed by atoms with E-state index in [1.54, 1.807) is 18.8 Å². The molecule has 0 amide bonds. The van der Waals surface area contributed by atoms with Gasteiger partial charge < -0.3 is 15.4 Å². The van der Waals surface area contributed by atoms with Crippen LogP contribution < -0.4 is 21.1 Å². The van der Waals surface area contributed by atoms with Crippen LogP contribution in [0.15, 0.2) is 28.0 Å². The molecule has 0 saturated carbocycles. The van der Waals surface area contributed by atoms with E-state index in [9.17, 15) is 4.79 Å². The molecule has 0 saturated heterocycles. The first-order chi connectivity index (χ1) is 14.1. The fourth-order valence-electron chi connectivity index (χ4n) is 3.42. The second-order valence-corrected chi connectivity index (χ2v) is 7.42. The Morgan fingerprint density at radius 1 is 1.30 bits per heavy atom. The van der Waals surface area contributed by atoms with Crippen LogP contribution in [0, 0.1) is 0 Å². The average Bonchev–Trinajstić information content (AvgIpc) is 3.06. The van der Waals surface area contributed by atoms with Crippen molar-refractivity contribution in [3.63, 3.8) is 0 Å². The average molecular weight is 549 g/mol. The number of rotatable bonds is 8. The molecule has 2 heterocycles. The summed E-state index contributed by atoms with van der Waals surface area (Å²) in [6, 6.07) is 5.70. The maximum atomic E-state index is 12.3. The lowest BCUT2D eigenvalue weighted by Crippen LogP contribution is -2.39. The summed E-state index contributed by atoms with van der Waals surface area (Å²) in [6.07, 6.45) is 4.64. The third-order valence-corrected chi connectivity index (χ3v) is 5.39. The number of fused-ring (bicyclic) bond motifs is 1. The van der Waals surface area contributed by atoms with Gasteiger partial charge in [-0.3, -0.25) is 9.56 Å². The van der Waals surface area contributed by atoms with Gasteiger partial charge in [0.1, 0.15) is 11.6 Å². The standard InChI is InChI=1S/C20H29ClN6O2.HI/c1-22-19(24-11-9-15-7-8-16(29-2)14-17(15)21)23-10-5-13-27-20(28)26-12-4-3-6-18(26)25-27;/h7-8,14H,3-6,9-13H2,1-2H3,(H2,22,23,24);1H. The van der Waals surface area contributed by atoms with Gasteiger partial charge in [-0.1, -0.05) is 17.7 Å². The fraction of sp³-hybridized carbons (Fsp3) is 0.550. The van der Waals surface area contributed by atoms with Crippen LogP contribution in [-0.4, -0.2) is 47.6 Å². The van der Waals surface area contributed by atoms with Gasteiger partial charge in [-0.25, -0.2) is 9.48 Å². The predicted molar refractivity (Wildman–Crippen MR) is 131 cm³/mol. The maximum absolute atomic E-state index is 12.3. The molecule has 1 aromatic carbocycles. The molecule has 2 N–H and O–H groups in total. The minimum absolute atomic E-state index is 0. The Morgan fingerprint density at radius 2 is 2.10 bits per heavy atom. The summed E-state index contributed by atoms with van der Waals surface area (Å²) in [6.45, 7) is 2.81.